The predicted molar refractivity (Wildman–Crippen MR) is 107 cm³/mol. The summed E-state index contributed by atoms with van der Waals surface area (Å²) in [5, 5.41) is 5.39. The van der Waals surface area contributed by atoms with Gasteiger partial charge in [0.2, 0.25) is 0 Å². The number of hydrogen-bond acceptors (Lipinski definition) is 0. The van der Waals surface area contributed by atoms with Crippen LogP contribution in [0.2, 0.25) is 0 Å². The van der Waals surface area contributed by atoms with Crippen LogP contribution in [0, 0.1) is 6.08 Å². The first-order chi connectivity index (χ1) is 11.6. The zero-order chi connectivity index (χ0) is 17.4. The minimum absolute atomic E-state index is 1.01. The Bertz CT molecular complexity index is 807. The monoisotopic (exact) mass is 432 g/mol. The van der Waals surface area contributed by atoms with E-state index < -0.39 is 18.9 Å². The molecular formula is C21H20Cl2Zr-2. The van der Waals surface area contributed by atoms with Crippen LogP contribution in [-0.4, -0.2) is 3.21 Å². The van der Waals surface area contributed by atoms with Gasteiger partial charge in [-0.1, -0.05) is 36.4 Å². The van der Waals surface area contributed by atoms with Crippen molar-refractivity contribution >= 4 is 41.8 Å². The molecule has 0 saturated carbocycles. The van der Waals surface area contributed by atoms with Gasteiger partial charge in [-0.05, 0) is 0 Å². The molecular weight excluding hydrogens is 414 g/mol. The molecule has 4 rings (SSSR count). The summed E-state index contributed by atoms with van der Waals surface area (Å²) in [6.45, 7) is 3.96. The summed E-state index contributed by atoms with van der Waals surface area (Å²) < 4.78 is 1.24. The molecule has 24 heavy (non-hydrogen) atoms. The molecule has 1 aliphatic rings. The molecule has 0 heterocycles. The third-order valence-corrected chi connectivity index (χ3v) is 9.82. The van der Waals surface area contributed by atoms with Crippen LogP contribution in [0.3, 0.4) is 0 Å². The van der Waals surface area contributed by atoms with Gasteiger partial charge in [-0.2, -0.15) is 6.08 Å². The second kappa shape index (κ2) is 10.2. The summed E-state index contributed by atoms with van der Waals surface area (Å²) in [6, 6.07) is 19.3. The number of rotatable bonds is 0. The molecule has 0 aliphatic heterocycles. The van der Waals surface area contributed by atoms with Crippen LogP contribution in [0.5, 0.6) is 0 Å². The molecule has 3 heteroatoms. The van der Waals surface area contributed by atoms with Gasteiger partial charge in [0.25, 0.3) is 0 Å². The Morgan fingerprint density at radius 2 is 1.46 bits per heavy atom. The van der Waals surface area contributed by atoms with Crippen molar-refractivity contribution in [1.82, 2.24) is 0 Å². The van der Waals surface area contributed by atoms with Gasteiger partial charge >= 0.3 is 53.0 Å². The molecule has 124 valence electrons. The van der Waals surface area contributed by atoms with E-state index in [0.29, 0.717) is 0 Å². The molecule has 0 fully saturated rings. The Balaban J connectivity index is 0.000000159. The molecule has 0 atom stereocenters. The van der Waals surface area contributed by atoms with Gasteiger partial charge in [-0.25, -0.2) is 12.2 Å². The predicted octanol–water partition coefficient (Wildman–Crippen LogP) is 7.14. The van der Waals surface area contributed by atoms with Gasteiger partial charge in [-0.3, -0.25) is 6.08 Å². The summed E-state index contributed by atoms with van der Waals surface area (Å²) in [5.41, 5.74) is 0. The van der Waals surface area contributed by atoms with Crippen LogP contribution in [0.15, 0.2) is 72.8 Å². The van der Waals surface area contributed by atoms with Crippen LogP contribution in [-0.2, 0) is 18.9 Å². The van der Waals surface area contributed by atoms with E-state index in [1.807, 2.05) is 26.0 Å². The van der Waals surface area contributed by atoms with Crippen LogP contribution in [0.1, 0.15) is 20.3 Å². The number of allylic oxidation sites excluding steroid dienone is 4. The van der Waals surface area contributed by atoms with Crippen LogP contribution >= 0.6 is 17.0 Å². The standard InChI is InChI=1S/C13H9.C5H5.C3H6.2ClH.Zr/c1-3-7-12-10(5-1)9-11-6-2-4-8-13(11)12;1-2-4-5-3-1;1-3-2;;;/h1-9H;1-3H,4H2;1-2H3;2*1H;/q2*-1;;;;+2/p-2. The Labute approximate surface area is 159 Å². The second-order valence-corrected chi connectivity index (χ2v) is 14.9. The number of benzene rings is 2. The molecule has 0 amide bonds. The third-order valence-electron chi connectivity index (χ3n) is 3.49. The number of hydrogen-bond donors (Lipinski definition) is 0. The minimum atomic E-state index is -1.84. The van der Waals surface area contributed by atoms with Crippen molar-refractivity contribution in [1.29, 1.82) is 0 Å². The average Bonchev–Trinajstić information content (AvgIpc) is 3.26. The van der Waals surface area contributed by atoms with E-state index in [1.54, 1.807) is 0 Å². The summed E-state index contributed by atoms with van der Waals surface area (Å²) in [4.78, 5) is 0. The smallest absolute Gasteiger partial charge is 0.0771 e. The molecule has 0 bridgehead atoms. The fraction of sp³-hybridized carbons (Fsp3) is 0.143. The fourth-order valence-corrected chi connectivity index (χ4v) is 2.24. The van der Waals surface area contributed by atoms with Crippen molar-refractivity contribution in [2.75, 3.05) is 0 Å². The molecule has 0 aromatic heterocycles. The Hall–Kier alpha value is -0.877. The van der Waals surface area contributed by atoms with E-state index in [0.717, 1.165) is 6.42 Å². The molecule has 0 N–H and O–H groups in total. The third kappa shape index (κ3) is 5.89. The van der Waals surface area contributed by atoms with Crippen molar-refractivity contribution in [3.63, 3.8) is 0 Å². The van der Waals surface area contributed by atoms with Gasteiger partial charge < -0.3 is 0 Å². The van der Waals surface area contributed by atoms with Gasteiger partial charge in [0, 0.05) is 0 Å². The van der Waals surface area contributed by atoms with Crippen LogP contribution in [0.25, 0.3) is 21.5 Å². The van der Waals surface area contributed by atoms with Crippen LogP contribution < -0.4 is 0 Å². The molecule has 0 nitrogen and oxygen atoms in total. The van der Waals surface area contributed by atoms with E-state index in [2.05, 4.69) is 66.7 Å². The van der Waals surface area contributed by atoms with E-state index in [1.165, 1.54) is 24.8 Å². The number of halogens is 2. The average molecular weight is 435 g/mol. The second-order valence-electron chi connectivity index (χ2n) is 5.58. The Morgan fingerprint density at radius 1 is 0.958 bits per heavy atom. The van der Waals surface area contributed by atoms with Crippen molar-refractivity contribution in [2.24, 2.45) is 0 Å². The van der Waals surface area contributed by atoms with E-state index in [-0.39, 0.29) is 0 Å². The van der Waals surface area contributed by atoms with Gasteiger partial charge in [0.1, 0.15) is 0 Å². The maximum Gasteiger partial charge on any atom is -0.0771 e. The molecule has 1 aliphatic carbocycles. The van der Waals surface area contributed by atoms with Gasteiger partial charge in [0.15, 0.2) is 0 Å². The topological polar surface area (TPSA) is 0 Å². The molecule has 3 aromatic rings. The van der Waals surface area contributed by atoms with Crippen molar-refractivity contribution in [3.8, 4) is 0 Å². The van der Waals surface area contributed by atoms with E-state index in [4.69, 9.17) is 17.0 Å². The first-order valence-corrected chi connectivity index (χ1v) is 15.4. The quantitative estimate of drug-likeness (QED) is 0.330. The maximum absolute atomic E-state index is 5.54. The number of fused-ring (bicyclic) bond motifs is 3. The molecule has 0 radical (unpaired) electrons. The van der Waals surface area contributed by atoms with Crippen LogP contribution in [0.4, 0.5) is 0 Å². The van der Waals surface area contributed by atoms with Gasteiger partial charge in [-0.15, -0.1) is 46.2 Å². The zero-order valence-corrected chi connectivity index (χ0v) is 17.9. The summed E-state index contributed by atoms with van der Waals surface area (Å²) in [6.07, 6.45) is 10.0. The normalized spacial score (nSPS) is 11.7. The summed E-state index contributed by atoms with van der Waals surface area (Å²) >= 11 is -1.84. The van der Waals surface area contributed by atoms with Crippen molar-refractivity contribution < 1.29 is 18.9 Å². The molecule has 0 unspecified atom stereocenters. The first-order valence-electron chi connectivity index (χ1n) is 7.83. The Morgan fingerprint density at radius 3 is 1.79 bits per heavy atom. The summed E-state index contributed by atoms with van der Waals surface area (Å²) in [7, 11) is 11.1. The zero-order valence-electron chi connectivity index (χ0n) is 13.9. The molecule has 3 aromatic carbocycles. The Kier molecular flexibility index (Phi) is 8.26. The van der Waals surface area contributed by atoms with Gasteiger partial charge in [0.05, 0.1) is 0 Å². The van der Waals surface area contributed by atoms with E-state index >= 15 is 0 Å². The minimum Gasteiger partial charge on any atom is -0.273 e. The largest absolute Gasteiger partial charge is 0.273 e. The molecule has 0 spiro atoms. The molecule has 0 saturated heterocycles. The SMILES string of the molecule is C[C](C)=[Zr]([Cl])[Cl].[C-]1=CC=CC1.c1ccc2c(c1)[cH-]c1ccccc12. The summed E-state index contributed by atoms with van der Waals surface area (Å²) in [5.74, 6) is 0. The van der Waals surface area contributed by atoms with Crippen molar-refractivity contribution in [3.05, 3.63) is 78.9 Å². The van der Waals surface area contributed by atoms with Crippen molar-refractivity contribution in [2.45, 2.75) is 20.3 Å². The fourth-order valence-electron chi connectivity index (χ4n) is 2.24. The maximum atomic E-state index is 5.54. The van der Waals surface area contributed by atoms with E-state index in [9.17, 15) is 0 Å². The first kappa shape index (κ1) is 19.4.